The molecule has 0 unspecified atom stereocenters. The second-order valence-corrected chi connectivity index (χ2v) is 7.17. The third kappa shape index (κ3) is 2.13. The van der Waals surface area contributed by atoms with Gasteiger partial charge >= 0.3 is 0 Å². The molecule has 0 saturated heterocycles. The monoisotopic (exact) mass is 309 g/mol. The van der Waals surface area contributed by atoms with E-state index in [9.17, 15) is 18.0 Å². The number of halogens is 3. The molecule has 0 heterocycles. The predicted molar refractivity (Wildman–Crippen MR) is 75.5 cm³/mol. The number of rotatable bonds is 2. The first-order valence-electron chi connectivity index (χ1n) is 7.97. The Balaban J connectivity index is 1.54. The minimum Gasteiger partial charge on any atom is -0.323 e. The molecule has 4 fully saturated rings. The summed E-state index contributed by atoms with van der Waals surface area (Å²) in [6.07, 6.45) is 5.59. The molecule has 1 amide bonds. The SMILES string of the molecule is O=C(Nc1ccc(F)c(F)c1F)C1C2CC3CC(C2)CC1C3. The fourth-order valence-electron chi connectivity index (χ4n) is 5.19. The van der Waals surface area contributed by atoms with Crippen molar-refractivity contribution in [3.05, 3.63) is 29.6 Å². The van der Waals surface area contributed by atoms with Gasteiger partial charge in [0.2, 0.25) is 5.91 Å². The molecule has 4 saturated carbocycles. The normalized spacial score (nSPS) is 35.7. The molecule has 0 aromatic heterocycles. The number of carbonyl (C=O) groups is 1. The van der Waals surface area contributed by atoms with Crippen LogP contribution in [-0.4, -0.2) is 5.91 Å². The first kappa shape index (κ1) is 14.1. The zero-order chi connectivity index (χ0) is 15.4. The van der Waals surface area contributed by atoms with Crippen LogP contribution in [-0.2, 0) is 4.79 Å². The molecule has 0 radical (unpaired) electrons. The van der Waals surface area contributed by atoms with Gasteiger partial charge in [-0.05, 0) is 67.9 Å². The Labute approximate surface area is 127 Å². The molecule has 2 nitrogen and oxygen atoms in total. The van der Waals surface area contributed by atoms with Gasteiger partial charge < -0.3 is 5.32 Å². The van der Waals surface area contributed by atoms with Gasteiger partial charge in [-0.1, -0.05) is 0 Å². The Morgan fingerprint density at radius 3 is 2.09 bits per heavy atom. The van der Waals surface area contributed by atoms with Crippen molar-refractivity contribution in [3.8, 4) is 0 Å². The Kier molecular flexibility index (Phi) is 3.20. The molecule has 4 aliphatic carbocycles. The minimum atomic E-state index is -1.54. The maximum atomic E-state index is 13.7. The first-order chi connectivity index (χ1) is 10.5. The predicted octanol–water partition coefficient (Wildman–Crippen LogP) is 4.11. The van der Waals surface area contributed by atoms with Gasteiger partial charge in [-0.25, -0.2) is 13.2 Å². The quantitative estimate of drug-likeness (QED) is 0.818. The highest BCUT2D eigenvalue weighted by molar-refractivity contribution is 5.93. The lowest BCUT2D eigenvalue weighted by molar-refractivity contribution is -0.132. The number of hydrogen-bond donors (Lipinski definition) is 1. The summed E-state index contributed by atoms with van der Waals surface area (Å²) in [6, 6.07) is 1.92. The van der Waals surface area contributed by atoms with Crippen LogP contribution in [0.15, 0.2) is 12.1 Å². The van der Waals surface area contributed by atoms with Gasteiger partial charge in [0.05, 0.1) is 5.69 Å². The van der Waals surface area contributed by atoms with Crippen molar-refractivity contribution >= 4 is 11.6 Å². The fraction of sp³-hybridized carbons (Fsp3) is 0.588. The molecule has 0 atom stereocenters. The summed E-state index contributed by atoms with van der Waals surface area (Å²) in [4.78, 5) is 12.6. The van der Waals surface area contributed by atoms with Crippen LogP contribution in [0.3, 0.4) is 0 Å². The summed E-state index contributed by atoms with van der Waals surface area (Å²) < 4.78 is 39.9. The van der Waals surface area contributed by atoms with Crippen LogP contribution in [0.4, 0.5) is 18.9 Å². The maximum absolute atomic E-state index is 13.7. The third-order valence-electron chi connectivity index (χ3n) is 5.82. The summed E-state index contributed by atoms with van der Waals surface area (Å²) in [5.74, 6) is -2.24. The van der Waals surface area contributed by atoms with Gasteiger partial charge in [-0.3, -0.25) is 4.79 Å². The van der Waals surface area contributed by atoms with E-state index in [0.717, 1.165) is 49.7 Å². The number of carbonyl (C=O) groups excluding carboxylic acids is 1. The molecule has 0 aliphatic heterocycles. The van der Waals surface area contributed by atoms with E-state index in [1.807, 2.05) is 0 Å². The van der Waals surface area contributed by atoms with Crippen molar-refractivity contribution in [2.24, 2.45) is 29.6 Å². The summed E-state index contributed by atoms with van der Waals surface area (Å²) >= 11 is 0. The van der Waals surface area contributed by atoms with Crippen LogP contribution in [0, 0.1) is 47.0 Å². The van der Waals surface area contributed by atoms with Gasteiger partial charge in [-0.2, -0.15) is 0 Å². The number of hydrogen-bond acceptors (Lipinski definition) is 1. The van der Waals surface area contributed by atoms with Crippen LogP contribution in [0.25, 0.3) is 0 Å². The van der Waals surface area contributed by atoms with E-state index < -0.39 is 17.5 Å². The Bertz CT molecular complexity index is 603. The highest BCUT2D eigenvalue weighted by Crippen LogP contribution is 2.56. The molecular weight excluding hydrogens is 291 g/mol. The molecule has 118 valence electrons. The van der Waals surface area contributed by atoms with E-state index in [4.69, 9.17) is 0 Å². The van der Waals surface area contributed by atoms with Crippen LogP contribution in [0.2, 0.25) is 0 Å². The van der Waals surface area contributed by atoms with E-state index in [1.54, 1.807) is 0 Å². The Morgan fingerprint density at radius 2 is 1.50 bits per heavy atom. The summed E-state index contributed by atoms with van der Waals surface area (Å²) in [5.41, 5.74) is -0.266. The standard InChI is InChI=1S/C17H18F3NO/c18-12-1-2-13(16(20)15(12)19)21-17(22)14-10-4-8-3-9(6-10)7-11(14)5-8/h1-2,8-11,14H,3-7H2,(H,21,22). The van der Waals surface area contributed by atoms with Crippen molar-refractivity contribution in [2.45, 2.75) is 32.1 Å². The van der Waals surface area contributed by atoms with Crippen LogP contribution < -0.4 is 5.32 Å². The lowest BCUT2D eigenvalue weighted by atomic mass is 9.51. The van der Waals surface area contributed by atoms with Gasteiger partial charge in [0.25, 0.3) is 0 Å². The Hall–Kier alpha value is -1.52. The molecular formula is C17H18F3NO. The average Bonchev–Trinajstić information content (AvgIpc) is 2.47. The zero-order valence-corrected chi connectivity index (χ0v) is 12.1. The number of benzene rings is 1. The second kappa shape index (κ2) is 5.00. The molecule has 1 aromatic carbocycles. The van der Waals surface area contributed by atoms with Crippen molar-refractivity contribution in [1.29, 1.82) is 0 Å². The molecule has 22 heavy (non-hydrogen) atoms. The first-order valence-corrected chi connectivity index (χ1v) is 7.97. The molecule has 4 bridgehead atoms. The van der Waals surface area contributed by atoms with Gasteiger partial charge in [0.15, 0.2) is 17.5 Å². The van der Waals surface area contributed by atoms with E-state index in [1.165, 1.54) is 6.42 Å². The van der Waals surface area contributed by atoms with Gasteiger partial charge in [0, 0.05) is 5.92 Å². The summed E-state index contributed by atoms with van der Waals surface area (Å²) in [6.45, 7) is 0. The molecule has 5 heteroatoms. The molecule has 5 rings (SSSR count). The van der Waals surface area contributed by atoms with Crippen molar-refractivity contribution in [2.75, 3.05) is 5.32 Å². The topological polar surface area (TPSA) is 29.1 Å². The fourth-order valence-corrected chi connectivity index (χ4v) is 5.19. The molecule has 0 spiro atoms. The molecule has 1 aromatic rings. The largest absolute Gasteiger partial charge is 0.323 e. The minimum absolute atomic E-state index is 0.111. The van der Waals surface area contributed by atoms with Crippen LogP contribution in [0.5, 0.6) is 0 Å². The van der Waals surface area contributed by atoms with Crippen molar-refractivity contribution in [1.82, 2.24) is 0 Å². The number of nitrogens with one attached hydrogen (secondary N) is 1. The number of anilines is 1. The molecule has 4 aliphatic rings. The van der Waals surface area contributed by atoms with Gasteiger partial charge in [0.1, 0.15) is 0 Å². The smallest absolute Gasteiger partial charge is 0.228 e. The summed E-state index contributed by atoms with van der Waals surface area (Å²) in [7, 11) is 0. The maximum Gasteiger partial charge on any atom is 0.228 e. The molecule has 1 N–H and O–H groups in total. The van der Waals surface area contributed by atoms with E-state index in [-0.39, 0.29) is 17.5 Å². The van der Waals surface area contributed by atoms with Crippen molar-refractivity contribution in [3.63, 3.8) is 0 Å². The van der Waals surface area contributed by atoms with E-state index in [0.29, 0.717) is 11.8 Å². The zero-order valence-electron chi connectivity index (χ0n) is 12.1. The lowest BCUT2D eigenvalue weighted by Crippen LogP contribution is -2.49. The number of amides is 1. The third-order valence-corrected chi connectivity index (χ3v) is 5.82. The second-order valence-electron chi connectivity index (χ2n) is 7.17. The Morgan fingerprint density at radius 1 is 0.909 bits per heavy atom. The van der Waals surface area contributed by atoms with Crippen LogP contribution in [0.1, 0.15) is 32.1 Å². The highest BCUT2D eigenvalue weighted by atomic mass is 19.2. The van der Waals surface area contributed by atoms with Gasteiger partial charge in [-0.15, -0.1) is 0 Å². The van der Waals surface area contributed by atoms with E-state index >= 15 is 0 Å². The summed E-state index contributed by atoms with van der Waals surface area (Å²) in [5, 5.41) is 2.49. The average molecular weight is 309 g/mol. The van der Waals surface area contributed by atoms with Crippen LogP contribution >= 0.6 is 0 Å². The van der Waals surface area contributed by atoms with Crippen molar-refractivity contribution < 1.29 is 18.0 Å². The van der Waals surface area contributed by atoms with E-state index in [2.05, 4.69) is 5.32 Å². The lowest BCUT2D eigenvalue weighted by Gasteiger charge is -2.53. The highest BCUT2D eigenvalue weighted by Gasteiger charge is 2.50.